The first-order chi connectivity index (χ1) is 9.77. The van der Waals surface area contributed by atoms with Crippen LogP contribution in [0.3, 0.4) is 0 Å². The van der Waals surface area contributed by atoms with Crippen LogP contribution < -0.4 is 10.5 Å². The molecule has 3 N–H and O–H groups in total. The Morgan fingerprint density at radius 1 is 1.10 bits per heavy atom. The van der Waals surface area contributed by atoms with E-state index in [0.717, 1.165) is 5.56 Å². The molecule has 0 saturated heterocycles. The van der Waals surface area contributed by atoms with Gasteiger partial charge in [-0.3, -0.25) is 0 Å². The fourth-order valence-electron chi connectivity index (χ4n) is 2.04. The number of hydrogen-bond acceptors (Lipinski definition) is 3. The van der Waals surface area contributed by atoms with Crippen LogP contribution in [0, 0.1) is 19.7 Å². The zero-order valence-electron chi connectivity index (χ0n) is 11.9. The molecule has 0 aliphatic heterocycles. The molecular weight excluding hydrogens is 291 g/mol. The lowest BCUT2D eigenvalue weighted by Gasteiger charge is -2.10. The van der Waals surface area contributed by atoms with Crippen LogP contribution in [0.1, 0.15) is 16.7 Å². The Labute approximate surface area is 123 Å². The van der Waals surface area contributed by atoms with E-state index in [4.69, 9.17) is 5.14 Å². The maximum Gasteiger partial charge on any atom is 0.238 e. The van der Waals surface area contributed by atoms with Crippen molar-refractivity contribution < 1.29 is 12.8 Å². The number of hydrogen-bond donors (Lipinski definition) is 2. The molecule has 0 radical (unpaired) electrons. The number of rotatable bonds is 4. The molecule has 4 nitrogen and oxygen atoms in total. The number of benzene rings is 2. The first-order valence-corrected chi connectivity index (χ1v) is 7.94. The van der Waals surface area contributed by atoms with Crippen molar-refractivity contribution in [2.24, 2.45) is 5.14 Å². The van der Waals surface area contributed by atoms with Crippen LogP contribution in [-0.2, 0) is 16.6 Å². The molecule has 0 aliphatic carbocycles. The van der Waals surface area contributed by atoms with Gasteiger partial charge in [0.25, 0.3) is 0 Å². The van der Waals surface area contributed by atoms with Gasteiger partial charge in [-0.1, -0.05) is 18.2 Å². The second kappa shape index (κ2) is 5.83. The highest BCUT2D eigenvalue weighted by Crippen LogP contribution is 2.20. The van der Waals surface area contributed by atoms with Crippen LogP contribution in [0.4, 0.5) is 10.1 Å². The largest absolute Gasteiger partial charge is 0.381 e. The summed E-state index contributed by atoms with van der Waals surface area (Å²) in [4.78, 5) is 0.0998. The Morgan fingerprint density at radius 3 is 2.43 bits per heavy atom. The Balaban J connectivity index is 2.19. The first-order valence-electron chi connectivity index (χ1n) is 6.40. The molecule has 0 aliphatic rings. The standard InChI is InChI=1S/C15H17FN2O2S/c1-10-3-5-13(8-15(10)21(17,19)20)18-9-12-4-6-14(16)11(2)7-12/h3-8,18H,9H2,1-2H3,(H2,17,19,20). The molecule has 21 heavy (non-hydrogen) atoms. The van der Waals surface area contributed by atoms with Crippen LogP contribution in [0.25, 0.3) is 0 Å². The van der Waals surface area contributed by atoms with Gasteiger partial charge in [0.05, 0.1) is 4.90 Å². The molecule has 2 aromatic carbocycles. The van der Waals surface area contributed by atoms with Crippen LogP contribution in [0.15, 0.2) is 41.3 Å². The Kier molecular flexibility index (Phi) is 4.29. The second-order valence-corrected chi connectivity index (χ2v) is 6.49. The van der Waals surface area contributed by atoms with Crippen molar-refractivity contribution in [3.05, 3.63) is 58.9 Å². The molecule has 0 fully saturated rings. The van der Waals surface area contributed by atoms with Crippen molar-refractivity contribution >= 4 is 15.7 Å². The molecule has 0 unspecified atom stereocenters. The van der Waals surface area contributed by atoms with Crippen molar-refractivity contribution in [1.29, 1.82) is 0 Å². The van der Waals surface area contributed by atoms with Crippen LogP contribution in [0.5, 0.6) is 0 Å². The highest BCUT2D eigenvalue weighted by Gasteiger charge is 2.12. The third kappa shape index (κ3) is 3.80. The zero-order valence-corrected chi connectivity index (χ0v) is 12.7. The quantitative estimate of drug-likeness (QED) is 0.912. The highest BCUT2D eigenvalue weighted by molar-refractivity contribution is 7.89. The lowest BCUT2D eigenvalue weighted by atomic mass is 10.1. The van der Waals surface area contributed by atoms with Crippen molar-refractivity contribution in [3.63, 3.8) is 0 Å². The second-order valence-electron chi connectivity index (χ2n) is 4.96. The van der Waals surface area contributed by atoms with E-state index >= 15 is 0 Å². The van der Waals surface area contributed by atoms with Crippen LogP contribution in [-0.4, -0.2) is 8.42 Å². The van der Waals surface area contributed by atoms with Gasteiger partial charge in [0.15, 0.2) is 0 Å². The van der Waals surface area contributed by atoms with Gasteiger partial charge >= 0.3 is 0 Å². The van der Waals surface area contributed by atoms with E-state index in [0.29, 0.717) is 23.4 Å². The monoisotopic (exact) mass is 308 g/mol. The zero-order chi connectivity index (χ0) is 15.6. The molecule has 0 spiro atoms. The summed E-state index contributed by atoms with van der Waals surface area (Å²) in [6.07, 6.45) is 0. The van der Waals surface area contributed by atoms with E-state index in [1.807, 2.05) is 0 Å². The van der Waals surface area contributed by atoms with Gasteiger partial charge in [-0.05, 0) is 48.7 Å². The number of anilines is 1. The van der Waals surface area contributed by atoms with Gasteiger partial charge in [-0.15, -0.1) is 0 Å². The molecule has 2 aromatic rings. The van der Waals surface area contributed by atoms with Crippen molar-refractivity contribution in [2.75, 3.05) is 5.32 Å². The van der Waals surface area contributed by atoms with Gasteiger partial charge in [0.1, 0.15) is 5.82 Å². The molecule has 0 amide bonds. The van der Waals surface area contributed by atoms with E-state index in [-0.39, 0.29) is 10.7 Å². The predicted molar refractivity (Wildman–Crippen MR) is 81.0 cm³/mol. The molecule has 0 bridgehead atoms. The van der Waals surface area contributed by atoms with Crippen molar-refractivity contribution in [2.45, 2.75) is 25.3 Å². The third-order valence-electron chi connectivity index (χ3n) is 3.21. The van der Waals surface area contributed by atoms with Crippen molar-refractivity contribution in [3.8, 4) is 0 Å². The molecule has 0 atom stereocenters. The Bertz CT molecular complexity index is 773. The van der Waals surface area contributed by atoms with E-state index in [1.165, 1.54) is 12.1 Å². The first kappa shape index (κ1) is 15.5. The maximum absolute atomic E-state index is 13.2. The van der Waals surface area contributed by atoms with Gasteiger partial charge in [0.2, 0.25) is 10.0 Å². The summed E-state index contributed by atoms with van der Waals surface area (Å²) in [5.74, 6) is -0.245. The summed E-state index contributed by atoms with van der Waals surface area (Å²) in [5.41, 5.74) is 2.72. The Morgan fingerprint density at radius 2 is 1.81 bits per heavy atom. The van der Waals surface area contributed by atoms with Gasteiger partial charge in [0, 0.05) is 12.2 Å². The minimum atomic E-state index is -3.74. The molecule has 112 valence electrons. The normalized spacial score (nSPS) is 11.4. The summed E-state index contributed by atoms with van der Waals surface area (Å²) < 4.78 is 36.1. The predicted octanol–water partition coefficient (Wildman–Crippen LogP) is 2.70. The van der Waals surface area contributed by atoms with E-state index in [2.05, 4.69) is 5.32 Å². The summed E-state index contributed by atoms with van der Waals surface area (Å²) >= 11 is 0. The minimum absolute atomic E-state index is 0.0998. The number of primary sulfonamides is 1. The molecule has 0 aromatic heterocycles. The van der Waals surface area contributed by atoms with E-state index in [9.17, 15) is 12.8 Å². The number of halogens is 1. The molecule has 6 heteroatoms. The number of aryl methyl sites for hydroxylation is 2. The topological polar surface area (TPSA) is 72.2 Å². The average molecular weight is 308 g/mol. The number of nitrogens with two attached hydrogens (primary N) is 1. The number of nitrogens with one attached hydrogen (secondary N) is 1. The van der Waals surface area contributed by atoms with Crippen LogP contribution >= 0.6 is 0 Å². The van der Waals surface area contributed by atoms with Crippen molar-refractivity contribution in [1.82, 2.24) is 0 Å². The summed E-state index contributed by atoms with van der Waals surface area (Å²) in [5, 5.41) is 8.28. The smallest absolute Gasteiger partial charge is 0.238 e. The third-order valence-corrected chi connectivity index (χ3v) is 4.27. The fraction of sp³-hybridized carbons (Fsp3) is 0.200. The van der Waals surface area contributed by atoms with E-state index < -0.39 is 10.0 Å². The highest BCUT2D eigenvalue weighted by atomic mass is 32.2. The van der Waals surface area contributed by atoms with Crippen LogP contribution in [0.2, 0.25) is 0 Å². The minimum Gasteiger partial charge on any atom is -0.381 e. The summed E-state index contributed by atoms with van der Waals surface area (Å²) in [6, 6.07) is 9.82. The summed E-state index contributed by atoms with van der Waals surface area (Å²) in [6.45, 7) is 3.85. The molecule has 2 rings (SSSR count). The molecule has 0 heterocycles. The molecular formula is C15H17FN2O2S. The summed E-state index contributed by atoms with van der Waals surface area (Å²) in [7, 11) is -3.74. The van der Waals surface area contributed by atoms with Gasteiger partial charge in [-0.2, -0.15) is 0 Å². The maximum atomic E-state index is 13.2. The lowest BCUT2D eigenvalue weighted by molar-refractivity contribution is 0.597. The molecule has 0 saturated carbocycles. The lowest BCUT2D eigenvalue weighted by Crippen LogP contribution is -2.14. The fourth-order valence-corrected chi connectivity index (χ4v) is 2.85. The Hall–Kier alpha value is -1.92. The SMILES string of the molecule is Cc1cc(CNc2ccc(C)c(S(N)(=O)=O)c2)ccc1F. The van der Waals surface area contributed by atoms with E-state index in [1.54, 1.807) is 38.1 Å². The number of sulfonamides is 1. The van der Waals surface area contributed by atoms with Gasteiger partial charge in [-0.25, -0.2) is 17.9 Å². The van der Waals surface area contributed by atoms with Gasteiger partial charge < -0.3 is 5.32 Å². The average Bonchev–Trinajstić information content (AvgIpc) is 2.40.